The van der Waals surface area contributed by atoms with Crippen LogP contribution in [0.1, 0.15) is 13.8 Å². The second-order valence-electron chi connectivity index (χ2n) is 4.87. The van der Waals surface area contributed by atoms with E-state index in [0.717, 1.165) is 10.8 Å². The monoisotopic (exact) mass is 307 g/mol. The number of nitrogens with one attached hydrogen (secondary N) is 1. The van der Waals surface area contributed by atoms with Crippen molar-refractivity contribution in [1.29, 1.82) is 0 Å². The first kappa shape index (κ1) is 15.5. The molecule has 0 bridgehead atoms. The number of fused-ring (bicyclic) bond motifs is 1. The Morgan fingerprint density at radius 2 is 1.81 bits per heavy atom. The minimum absolute atomic E-state index is 0.124. The SMILES string of the molecule is CC(C)OC(=O)CNS(=O)(=O)c1ccc2ccccc2c1. The van der Waals surface area contributed by atoms with Gasteiger partial charge in [0.25, 0.3) is 0 Å². The number of esters is 1. The summed E-state index contributed by atoms with van der Waals surface area (Å²) in [6.45, 7) is 3.03. The van der Waals surface area contributed by atoms with Gasteiger partial charge in [-0.3, -0.25) is 4.79 Å². The zero-order chi connectivity index (χ0) is 15.5. The molecule has 0 aliphatic rings. The lowest BCUT2D eigenvalue weighted by Gasteiger charge is -2.10. The molecule has 0 fully saturated rings. The standard InChI is InChI=1S/C15H17NO4S/c1-11(2)20-15(17)10-16-21(18,19)14-8-7-12-5-3-4-6-13(12)9-14/h3-9,11,16H,10H2,1-2H3. The molecule has 0 spiro atoms. The molecule has 21 heavy (non-hydrogen) atoms. The molecule has 0 unspecified atom stereocenters. The molecule has 0 saturated carbocycles. The van der Waals surface area contributed by atoms with Crippen molar-refractivity contribution in [1.82, 2.24) is 4.72 Å². The fraction of sp³-hybridized carbons (Fsp3) is 0.267. The van der Waals surface area contributed by atoms with Crippen molar-refractivity contribution >= 4 is 26.8 Å². The van der Waals surface area contributed by atoms with Crippen LogP contribution in [0.25, 0.3) is 10.8 Å². The van der Waals surface area contributed by atoms with E-state index in [1.165, 1.54) is 6.07 Å². The summed E-state index contributed by atoms with van der Waals surface area (Å²) in [5, 5.41) is 1.78. The number of carbonyl (C=O) groups excluding carboxylic acids is 1. The first-order valence-corrected chi connectivity index (χ1v) is 8.05. The zero-order valence-corrected chi connectivity index (χ0v) is 12.7. The van der Waals surface area contributed by atoms with E-state index in [9.17, 15) is 13.2 Å². The van der Waals surface area contributed by atoms with Crippen molar-refractivity contribution in [2.24, 2.45) is 0 Å². The maximum Gasteiger partial charge on any atom is 0.321 e. The summed E-state index contributed by atoms with van der Waals surface area (Å²) in [6.07, 6.45) is -0.275. The molecule has 0 aliphatic heterocycles. The molecule has 0 saturated heterocycles. The molecule has 2 aromatic carbocycles. The van der Waals surface area contributed by atoms with Crippen LogP contribution in [0.3, 0.4) is 0 Å². The van der Waals surface area contributed by atoms with Gasteiger partial charge in [0, 0.05) is 0 Å². The Morgan fingerprint density at radius 3 is 2.48 bits per heavy atom. The minimum atomic E-state index is -3.73. The number of carbonyl (C=O) groups is 1. The predicted octanol–water partition coefficient (Wildman–Crippen LogP) is 2.07. The van der Waals surface area contributed by atoms with Gasteiger partial charge in [-0.05, 0) is 36.8 Å². The fourth-order valence-electron chi connectivity index (χ4n) is 1.88. The second kappa shape index (κ2) is 6.24. The quantitative estimate of drug-likeness (QED) is 0.858. The van der Waals surface area contributed by atoms with Gasteiger partial charge < -0.3 is 4.74 Å². The summed E-state index contributed by atoms with van der Waals surface area (Å²) in [7, 11) is -3.73. The summed E-state index contributed by atoms with van der Waals surface area (Å²) in [6, 6.07) is 12.3. The predicted molar refractivity (Wildman–Crippen MR) is 80.4 cm³/mol. The van der Waals surface area contributed by atoms with Crippen LogP contribution in [-0.2, 0) is 19.6 Å². The Balaban J connectivity index is 2.16. The largest absolute Gasteiger partial charge is 0.462 e. The van der Waals surface area contributed by atoms with Crippen LogP contribution in [0.15, 0.2) is 47.4 Å². The smallest absolute Gasteiger partial charge is 0.321 e. The summed E-state index contributed by atoms with van der Waals surface area (Å²) in [5.74, 6) is -0.602. The van der Waals surface area contributed by atoms with Gasteiger partial charge >= 0.3 is 5.97 Å². The van der Waals surface area contributed by atoms with E-state index < -0.39 is 16.0 Å². The van der Waals surface area contributed by atoms with E-state index in [-0.39, 0.29) is 17.5 Å². The van der Waals surface area contributed by atoms with Crippen molar-refractivity contribution in [3.63, 3.8) is 0 Å². The third-order valence-corrected chi connectivity index (χ3v) is 4.20. The topological polar surface area (TPSA) is 72.5 Å². The van der Waals surface area contributed by atoms with Crippen LogP contribution < -0.4 is 4.72 Å². The fourth-order valence-corrected chi connectivity index (χ4v) is 2.88. The molecular weight excluding hydrogens is 290 g/mol. The molecule has 2 rings (SSSR count). The second-order valence-corrected chi connectivity index (χ2v) is 6.64. The van der Waals surface area contributed by atoms with Crippen molar-refractivity contribution in [2.75, 3.05) is 6.54 Å². The van der Waals surface area contributed by atoms with Crippen LogP contribution in [0.5, 0.6) is 0 Å². The summed E-state index contributed by atoms with van der Waals surface area (Å²) in [4.78, 5) is 11.5. The van der Waals surface area contributed by atoms with Gasteiger partial charge in [-0.15, -0.1) is 0 Å². The van der Waals surface area contributed by atoms with E-state index in [4.69, 9.17) is 4.74 Å². The van der Waals surface area contributed by atoms with Gasteiger partial charge in [0.15, 0.2) is 0 Å². The molecule has 0 atom stereocenters. The molecule has 1 N–H and O–H groups in total. The van der Waals surface area contributed by atoms with Crippen LogP contribution in [0, 0.1) is 0 Å². The van der Waals surface area contributed by atoms with Crippen molar-refractivity contribution in [3.8, 4) is 0 Å². The summed E-state index contributed by atoms with van der Waals surface area (Å²) < 4.78 is 31.4. The normalized spacial score (nSPS) is 11.8. The third-order valence-electron chi connectivity index (χ3n) is 2.80. The van der Waals surface area contributed by atoms with E-state index >= 15 is 0 Å². The Kier molecular flexibility index (Phi) is 4.59. The molecule has 6 heteroatoms. The highest BCUT2D eigenvalue weighted by atomic mass is 32.2. The Bertz CT molecular complexity index is 753. The highest BCUT2D eigenvalue weighted by Crippen LogP contribution is 2.18. The van der Waals surface area contributed by atoms with Crippen LogP contribution in [-0.4, -0.2) is 27.0 Å². The molecular formula is C15H17NO4S. The number of hydrogen-bond acceptors (Lipinski definition) is 4. The van der Waals surface area contributed by atoms with Gasteiger partial charge in [0.05, 0.1) is 11.0 Å². The lowest BCUT2D eigenvalue weighted by molar-refractivity contribution is -0.145. The van der Waals surface area contributed by atoms with E-state index in [2.05, 4.69) is 4.72 Å². The number of sulfonamides is 1. The van der Waals surface area contributed by atoms with Crippen molar-refractivity contribution in [3.05, 3.63) is 42.5 Å². The summed E-state index contributed by atoms with van der Waals surface area (Å²) in [5.41, 5.74) is 0. The molecule has 2 aromatic rings. The van der Waals surface area contributed by atoms with Gasteiger partial charge in [0.2, 0.25) is 10.0 Å². The van der Waals surface area contributed by atoms with Gasteiger partial charge in [0.1, 0.15) is 6.54 Å². The lowest BCUT2D eigenvalue weighted by atomic mass is 10.1. The molecule has 112 valence electrons. The molecule has 0 amide bonds. The maximum absolute atomic E-state index is 12.1. The van der Waals surface area contributed by atoms with Crippen LogP contribution in [0.2, 0.25) is 0 Å². The van der Waals surface area contributed by atoms with E-state index in [0.29, 0.717) is 0 Å². The molecule has 0 radical (unpaired) electrons. The van der Waals surface area contributed by atoms with Gasteiger partial charge in [-0.1, -0.05) is 30.3 Å². The van der Waals surface area contributed by atoms with E-state index in [1.807, 2.05) is 24.3 Å². The molecule has 0 aromatic heterocycles. The summed E-state index contributed by atoms with van der Waals surface area (Å²) >= 11 is 0. The first-order chi connectivity index (χ1) is 9.88. The average molecular weight is 307 g/mol. The molecule has 0 aliphatic carbocycles. The number of ether oxygens (including phenoxy) is 1. The Hall–Kier alpha value is -1.92. The van der Waals surface area contributed by atoms with Crippen LogP contribution in [0.4, 0.5) is 0 Å². The molecule has 0 heterocycles. The highest BCUT2D eigenvalue weighted by molar-refractivity contribution is 7.89. The van der Waals surface area contributed by atoms with Gasteiger partial charge in [-0.2, -0.15) is 4.72 Å². The van der Waals surface area contributed by atoms with Crippen LogP contribution >= 0.6 is 0 Å². The van der Waals surface area contributed by atoms with Crippen molar-refractivity contribution < 1.29 is 17.9 Å². The molecule has 5 nitrogen and oxygen atoms in total. The lowest BCUT2D eigenvalue weighted by Crippen LogP contribution is -2.31. The highest BCUT2D eigenvalue weighted by Gasteiger charge is 2.16. The Labute approximate surface area is 124 Å². The third kappa shape index (κ3) is 4.03. The number of benzene rings is 2. The minimum Gasteiger partial charge on any atom is -0.462 e. The number of hydrogen-bond donors (Lipinski definition) is 1. The first-order valence-electron chi connectivity index (χ1n) is 6.56. The maximum atomic E-state index is 12.1. The van der Waals surface area contributed by atoms with Gasteiger partial charge in [-0.25, -0.2) is 8.42 Å². The Morgan fingerprint density at radius 1 is 1.14 bits per heavy atom. The number of rotatable bonds is 5. The van der Waals surface area contributed by atoms with Crippen molar-refractivity contribution in [2.45, 2.75) is 24.8 Å². The van der Waals surface area contributed by atoms with E-state index in [1.54, 1.807) is 26.0 Å². The zero-order valence-electron chi connectivity index (χ0n) is 11.9. The average Bonchev–Trinajstić information content (AvgIpc) is 2.44.